The highest BCUT2D eigenvalue weighted by Crippen LogP contribution is 2.28. The molecule has 0 saturated heterocycles. The number of oxazole rings is 1. The van der Waals surface area contributed by atoms with E-state index in [1.165, 1.54) is 0 Å². The van der Waals surface area contributed by atoms with Crippen LogP contribution in [-0.2, 0) is 0 Å². The number of hydrogen-bond acceptors (Lipinski definition) is 6. The second-order valence-electron chi connectivity index (χ2n) is 5.19. The van der Waals surface area contributed by atoms with Crippen LogP contribution in [0.15, 0.2) is 28.9 Å². The van der Waals surface area contributed by atoms with Gasteiger partial charge in [0.05, 0.1) is 0 Å². The van der Waals surface area contributed by atoms with E-state index in [0.717, 1.165) is 16.7 Å². The van der Waals surface area contributed by atoms with E-state index >= 15 is 0 Å². The van der Waals surface area contributed by atoms with Gasteiger partial charge in [-0.15, -0.1) is 0 Å². The van der Waals surface area contributed by atoms with Gasteiger partial charge in [0.15, 0.2) is 5.58 Å². The standard InChI is InChI=1S/C16H18N6O2/c1-4-18-15(23)22-16-21-12-6-10(5-9(2)13(12)24-16)11-7-19-14(17-3)20-8-11/h5-8H,4H2,1-3H3,(H,17,19,20)(H2,18,21,22,23). The monoisotopic (exact) mass is 326 g/mol. The van der Waals surface area contributed by atoms with E-state index in [1.54, 1.807) is 19.4 Å². The number of nitrogens with zero attached hydrogens (tertiary/aromatic N) is 3. The summed E-state index contributed by atoms with van der Waals surface area (Å²) in [4.78, 5) is 24.3. The van der Waals surface area contributed by atoms with Crippen molar-refractivity contribution in [3.8, 4) is 11.1 Å². The van der Waals surface area contributed by atoms with Gasteiger partial charge in [0.25, 0.3) is 0 Å². The fourth-order valence-corrected chi connectivity index (χ4v) is 2.33. The van der Waals surface area contributed by atoms with E-state index in [4.69, 9.17) is 4.42 Å². The number of hydrogen-bond donors (Lipinski definition) is 3. The van der Waals surface area contributed by atoms with E-state index in [2.05, 4.69) is 30.9 Å². The Hall–Kier alpha value is -3.16. The number of anilines is 2. The molecule has 0 spiro atoms. The van der Waals surface area contributed by atoms with Crippen molar-refractivity contribution in [2.75, 3.05) is 24.2 Å². The molecular formula is C16H18N6O2. The van der Waals surface area contributed by atoms with Crippen LogP contribution in [0.4, 0.5) is 16.8 Å². The lowest BCUT2D eigenvalue weighted by molar-refractivity contribution is 0.252. The van der Waals surface area contributed by atoms with E-state index in [1.807, 2.05) is 26.0 Å². The molecule has 0 saturated carbocycles. The van der Waals surface area contributed by atoms with Gasteiger partial charge < -0.3 is 15.1 Å². The molecular weight excluding hydrogens is 308 g/mol. The highest BCUT2D eigenvalue weighted by molar-refractivity contribution is 5.90. The molecule has 2 amide bonds. The van der Waals surface area contributed by atoms with Crippen molar-refractivity contribution in [3.05, 3.63) is 30.1 Å². The molecule has 3 aromatic rings. The molecule has 1 aromatic carbocycles. The van der Waals surface area contributed by atoms with Crippen LogP contribution >= 0.6 is 0 Å². The summed E-state index contributed by atoms with van der Waals surface area (Å²) in [5, 5.41) is 8.08. The molecule has 0 unspecified atom stereocenters. The number of fused-ring (bicyclic) bond motifs is 1. The predicted molar refractivity (Wildman–Crippen MR) is 92.0 cm³/mol. The number of amides is 2. The number of carbonyl (C=O) groups is 1. The number of aryl methyl sites for hydroxylation is 1. The van der Waals surface area contributed by atoms with Gasteiger partial charge in [-0.2, -0.15) is 4.98 Å². The minimum atomic E-state index is -0.349. The molecule has 8 nitrogen and oxygen atoms in total. The molecule has 124 valence electrons. The number of urea groups is 1. The summed E-state index contributed by atoms with van der Waals surface area (Å²) in [6.45, 7) is 4.29. The molecule has 3 N–H and O–H groups in total. The fourth-order valence-electron chi connectivity index (χ4n) is 2.33. The quantitative estimate of drug-likeness (QED) is 0.681. The van der Waals surface area contributed by atoms with Crippen molar-refractivity contribution in [2.24, 2.45) is 0 Å². The Balaban J connectivity index is 1.95. The molecule has 8 heteroatoms. The van der Waals surface area contributed by atoms with Gasteiger partial charge in [0.1, 0.15) is 5.52 Å². The van der Waals surface area contributed by atoms with Crippen LogP contribution in [0.3, 0.4) is 0 Å². The van der Waals surface area contributed by atoms with Crippen LogP contribution in [-0.4, -0.2) is 34.6 Å². The first kappa shape index (κ1) is 15.7. The molecule has 2 aromatic heterocycles. The van der Waals surface area contributed by atoms with Crippen molar-refractivity contribution >= 4 is 29.1 Å². The largest absolute Gasteiger partial charge is 0.423 e. The molecule has 0 atom stereocenters. The first-order valence-corrected chi connectivity index (χ1v) is 7.57. The summed E-state index contributed by atoms with van der Waals surface area (Å²) >= 11 is 0. The van der Waals surface area contributed by atoms with E-state index in [9.17, 15) is 4.79 Å². The van der Waals surface area contributed by atoms with Gasteiger partial charge in [-0.25, -0.2) is 14.8 Å². The van der Waals surface area contributed by atoms with Gasteiger partial charge in [0, 0.05) is 31.5 Å². The van der Waals surface area contributed by atoms with Gasteiger partial charge in [0.2, 0.25) is 5.95 Å². The summed E-state index contributed by atoms with van der Waals surface area (Å²) in [6, 6.07) is 3.67. The minimum Gasteiger partial charge on any atom is -0.423 e. The summed E-state index contributed by atoms with van der Waals surface area (Å²) < 4.78 is 5.62. The Bertz CT molecular complexity index is 872. The normalized spacial score (nSPS) is 10.6. The molecule has 0 radical (unpaired) electrons. The Labute approximate surface area is 138 Å². The summed E-state index contributed by atoms with van der Waals surface area (Å²) in [7, 11) is 1.77. The fraction of sp³-hybridized carbons (Fsp3) is 0.250. The third kappa shape index (κ3) is 3.12. The van der Waals surface area contributed by atoms with Crippen LogP contribution < -0.4 is 16.0 Å². The SMILES string of the molecule is CCNC(=O)Nc1nc2cc(-c3cnc(NC)nc3)cc(C)c2o1. The van der Waals surface area contributed by atoms with Crippen molar-refractivity contribution in [1.82, 2.24) is 20.3 Å². The molecule has 0 aliphatic carbocycles. The lowest BCUT2D eigenvalue weighted by atomic mass is 10.1. The first-order valence-electron chi connectivity index (χ1n) is 7.57. The summed E-state index contributed by atoms with van der Waals surface area (Å²) in [6.07, 6.45) is 3.49. The van der Waals surface area contributed by atoms with Crippen LogP contribution in [0.1, 0.15) is 12.5 Å². The number of carbonyl (C=O) groups excluding carboxylic acids is 1. The zero-order valence-electron chi connectivity index (χ0n) is 13.7. The Morgan fingerprint density at radius 1 is 1.21 bits per heavy atom. The van der Waals surface area contributed by atoms with Gasteiger partial charge >= 0.3 is 12.0 Å². The summed E-state index contributed by atoms with van der Waals surface area (Å²) in [5.41, 5.74) is 4.02. The average molecular weight is 326 g/mol. The lowest BCUT2D eigenvalue weighted by Gasteiger charge is -2.04. The summed E-state index contributed by atoms with van der Waals surface area (Å²) in [5.74, 6) is 0.561. The van der Waals surface area contributed by atoms with E-state index in [-0.39, 0.29) is 12.0 Å². The van der Waals surface area contributed by atoms with Crippen molar-refractivity contribution in [3.63, 3.8) is 0 Å². The third-order valence-electron chi connectivity index (χ3n) is 3.44. The number of nitrogens with one attached hydrogen (secondary N) is 3. The maximum Gasteiger partial charge on any atom is 0.322 e. The van der Waals surface area contributed by atoms with E-state index < -0.39 is 0 Å². The van der Waals surface area contributed by atoms with Crippen LogP contribution in [0.2, 0.25) is 0 Å². The molecule has 0 aliphatic rings. The van der Waals surface area contributed by atoms with Crippen LogP contribution in [0.5, 0.6) is 0 Å². The van der Waals surface area contributed by atoms with Crippen molar-refractivity contribution < 1.29 is 9.21 Å². The molecule has 0 aliphatic heterocycles. The first-order chi connectivity index (χ1) is 11.6. The molecule has 0 fully saturated rings. The maximum absolute atomic E-state index is 11.6. The smallest absolute Gasteiger partial charge is 0.322 e. The highest BCUT2D eigenvalue weighted by atomic mass is 16.4. The topological polar surface area (TPSA) is 105 Å². The van der Waals surface area contributed by atoms with Gasteiger partial charge in [-0.3, -0.25) is 5.32 Å². The van der Waals surface area contributed by atoms with E-state index in [0.29, 0.717) is 23.6 Å². The predicted octanol–water partition coefficient (Wildman–Crippen LogP) is 2.78. The Kier molecular flexibility index (Phi) is 4.28. The van der Waals surface area contributed by atoms with Crippen LogP contribution in [0, 0.1) is 6.92 Å². The second kappa shape index (κ2) is 6.53. The van der Waals surface area contributed by atoms with Crippen molar-refractivity contribution in [2.45, 2.75) is 13.8 Å². The zero-order chi connectivity index (χ0) is 17.1. The average Bonchev–Trinajstić information content (AvgIpc) is 2.98. The molecule has 24 heavy (non-hydrogen) atoms. The highest BCUT2D eigenvalue weighted by Gasteiger charge is 2.13. The van der Waals surface area contributed by atoms with Crippen molar-refractivity contribution in [1.29, 1.82) is 0 Å². The second-order valence-corrected chi connectivity index (χ2v) is 5.19. The molecule has 0 bridgehead atoms. The maximum atomic E-state index is 11.6. The molecule has 2 heterocycles. The lowest BCUT2D eigenvalue weighted by Crippen LogP contribution is -2.28. The van der Waals surface area contributed by atoms with Gasteiger partial charge in [-0.1, -0.05) is 0 Å². The Morgan fingerprint density at radius 2 is 1.96 bits per heavy atom. The molecule has 3 rings (SSSR count). The number of aromatic nitrogens is 3. The zero-order valence-corrected chi connectivity index (χ0v) is 13.7. The number of rotatable bonds is 4. The third-order valence-corrected chi connectivity index (χ3v) is 3.44. The Morgan fingerprint density at radius 3 is 2.62 bits per heavy atom. The minimum absolute atomic E-state index is 0.165. The number of benzene rings is 1. The van der Waals surface area contributed by atoms with Gasteiger partial charge in [-0.05, 0) is 37.1 Å². The van der Waals surface area contributed by atoms with Crippen LogP contribution in [0.25, 0.3) is 22.2 Å².